The number of hydrogen-bond donors (Lipinski definition) is 1. The Morgan fingerprint density at radius 3 is 2.39 bits per heavy atom. The second-order valence-electron chi connectivity index (χ2n) is 10.2. The predicted molar refractivity (Wildman–Crippen MR) is 141 cm³/mol. The van der Waals surface area contributed by atoms with Gasteiger partial charge in [-0.15, -0.1) is 0 Å². The largest absolute Gasteiger partial charge is 0.354 e. The van der Waals surface area contributed by atoms with E-state index in [-0.39, 0.29) is 11.6 Å². The second-order valence-corrected chi connectivity index (χ2v) is 10.2. The summed E-state index contributed by atoms with van der Waals surface area (Å²) in [5.74, 6) is 1.50. The number of carbonyl (C=O) groups excluding carboxylic acids is 1. The molecule has 1 saturated heterocycles. The van der Waals surface area contributed by atoms with E-state index in [9.17, 15) is 4.79 Å². The minimum absolute atomic E-state index is 0.0306. The van der Waals surface area contributed by atoms with Gasteiger partial charge in [0.15, 0.2) is 0 Å². The van der Waals surface area contributed by atoms with E-state index in [1.54, 1.807) is 0 Å². The number of aromatic nitrogens is 3. The van der Waals surface area contributed by atoms with Crippen molar-refractivity contribution in [3.05, 3.63) is 72.1 Å². The Labute approximate surface area is 211 Å². The van der Waals surface area contributed by atoms with E-state index < -0.39 is 0 Å². The average molecular weight is 485 g/mol. The van der Waals surface area contributed by atoms with Crippen LogP contribution in [0.3, 0.4) is 0 Å². The Balaban J connectivity index is 1.51. The molecule has 1 fully saturated rings. The van der Waals surface area contributed by atoms with Crippen molar-refractivity contribution in [2.75, 3.05) is 31.1 Å². The highest BCUT2D eigenvalue weighted by Crippen LogP contribution is 2.34. The quantitative estimate of drug-likeness (QED) is 0.444. The van der Waals surface area contributed by atoms with E-state index in [1.165, 1.54) is 0 Å². The monoisotopic (exact) mass is 484 g/mol. The maximum absolute atomic E-state index is 12.8. The maximum Gasteiger partial charge on any atom is 0.317 e. The van der Waals surface area contributed by atoms with E-state index in [0.29, 0.717) is 37.6 Å². The average Bonchev–Trinajstić information content (AvgIpc) is 3.12. The molecule has 8 nitrogen and oxygen atoms in total. The molecule has 1 N–H and O–H groups in total. The van der Waals surface area contributed by atoms with Crippen molar-refractivity contribution in [2.24, 2.45) is 0 Å². The van der Waals surface area contributed by atoms with Crippen LogP contribution in [0.5, 0.6) is 0 Å². The number of hydrogen-bond acceptors (Lipinski definition) is 6. The molecule has 0 saturated carbocycles. The molecular formula is C28H32N6O2. The SMILES string of the molecule is CC(C)(C)NC(=O)N1CCCN(c2nc(Cc3ccccc3)nc3onc(-c4ccccc4)c23)CC1. The summed E-state index contributed by atoms with van der Waals surface area (Å²) in [7, 11) is 0. The Kier molecular flexibility index (Phi) is 6.59. The lowest BCUT2D eigenvalue weighted by atomic mass is 10.1. The Morgan fingerprint density at radius 1 is 0.944 bits per heavy atom. The van der Waals surface area contributed by atoms with Gasteiger partial charge in [-0.3, -0.25) is 0 Å². The molecule has 4 aromatic rings. The molecule has 8 heteroatoms. The molecule has 0 radical (unpaired) electrons. The normalized spacial score (nSPS) is 14.6. The fraction of sp³-hybridized carbons (Fsp3) is 0.357. The third-order valence-electron chi connectivity index (χ3n) is 6.18. The van der Waals surface area contributed by atoms with E-state index in [4.69, 9.17) is 14.5 Å². The van der Waals surface area contributed by atoms with Crippen LogP contribution in [0.2, 0.25) is 0 Å². The summed E-state index contributed by atoms with van der Waals surface area (Å²) in [4.78, 5) is 26.7. The molecule has 3 heterocycles. The molecule has 0 bridgehead atoms. The Morgan fingerprint density at radius 2 is 1.67 bits per heavy atom. The van der Waals surface area contributed by atoms with Gasteiger partial charge < -0.3 is 19.6 Å². The summed E-state index contributed by atoms with van der Waals surface area (Å²) >= 11 is 0. The molecule has 0 unspecified atom stereocenters. The molecular weight excluding hydrogens is 452 g/mol. The van der Waals surface area contributed by atoms with Crippen LogP contribution in [0.4, 0.5) is 10.6 Å². The van der Waals surface area contributed by atoms with Crippen LogP contribution in [-0.2, 0) is 6.42 Å². The number of anilines is 1. The zero-order valence-corrected chi connectivity index (χ0v) is 21.1. The van der Waals surface area contributed by atoms with Crippen molar-refractivity contribution in [3.8, 4) is 11.3 Å². The Bertz CT molecular complexity index is 1330. The molecule has 2 aromatic heterocycles. The zero-order chi connectivity index (χ0) is 25.1. The van der Waals surface area contributed by atoms with Gasteiger partial charge in [-0.1, -0.05) is 65.8 Å². The van der Waals surface area contributed by atoms with Gasteiger partial charge in [0, 0.05) is 43.7 Å². The standard InChI is InChI=1S/C28H32N6O2/c1-28(2,3)31-27(35)34-16-10-15-33(17-18-34)25-23-24(21-13-8-5-9-14-21)32-36-26(23)30-22(29-25)19-20-11-6-4-7-12-20/h4-9,11-14H,10,15-19H2,1-3H3,(H,31,35). The number of amides is 2. The van der Waals surface area contributed by atoms with Crippen molar-refractivity contribution >= 4 is 22.9 Å². The van der Waals surface area contributed by atoms with Crippen molar-refractivity contribution in [2.45, 2.75) is 39.2 Å². The first-order valence-corrected chi connectivity index (χ1v) is 12.4. The van der Waals surface area contributed by atoms with Crippen LogP contribution >= 0.6 is 0 Å². The van der Waals surface area contributed by atoms with Gasteiger partial charge in [-0.2, -0.15) is 4.98 Å². The molecule has 186 valence electrons. The number of benzene rings is 2. The van der Waals surface area contributed by atoms with E-state index in [2.05, 4.69) is 27.5 Å². The second kappa shape index (κ2) is 9.97. The summed E-state index contributed by atoms with van der Waals surface area (Å²) in [5.41, 5.74) is 3.03. The smallest absolute Gasteiger partial charge is 0.317 e. The van der Waals surface area contributed by atoms with E-state index >= 15 is 0 Å². The summed E-state index contributed by atoms with van der Waals surface area (Å²) in [6, 6.07) is 20.1. The summed E-state index contributed by atoms with van der Waals surface area (Å²) in [5, 5.41) is 8.29. The summed E-state index contributed by atoms with van der Waals surface area (Å²) in [6.45, 7) is 8.73. The predicted octanol–water partition coefficient (Wildman–Crippen LogP) is 4.90. The number of urea groups is 1. The van der Waals surface area contributed by atoms with Gasteiger partial charge in [0.1, 0.15) is 22.7 Å². The van der Waals surface area contributed by atoms with Gasteiger partial charge in [0.05, 0.1) is 0 Å². The van der Waals surface area contributed by atoms with Crippen LogP contribution < -0.4 is 10.2 Å². The molecule has 2 amide bonds. The number of nitrogens with zero attached hydrogens (tertiary/aromatic N) is 5. The molecule has 0 atom stereocenters. The maximum atomic E-state index is 12.8. The molecule has 5 rings (SSSR count). The van der Waals surface area contributed by atoms with Crippen molar-refractivity contribution < 1.29 is 9.32 Å². The van der Waals surface area contributed by atoms with Crippen LogP contribution in [0.25, 0.3) is 22.4 Å². The highest BCUT2D eigenvalue weighted by molar-refractivity contribution is 5.98. The van der Waals surface area contributed by atoms with Gasteiger partial charge in [-0.05, 0) is 32.8 Å². The number of nitrogens with one attached hydrogen (secondary N) is 1. The zero-order valence-electron chi connectivity index (χ0n) is 21.1. The van der Waals surface area contributed by atoms with E-state index in [1.807, 2.05) is 74.2 Å². The minimum atomic E-state index is -0.277. The fourth-order valence-electron chi connectivity index (χ4n) is 4.49. The van der Waals surface area contributed by atoms with Crippen LogP contribution in [0, 0.1) is 0 Å². The van der Waals surface area contributed by atoms with Gasteiger partial charge in [0.25, 0.3) is 5.71 Å². The van der Waals surface area contributed by atoms with Gasteiger partial charge in [-0.25, -0.2) is 9.78 Å². The Hall–Kier alpha value is -3.94. The van der Waals surface area contributed by atoms with Crippen LogP contribution in [-0.4, -0.2) is 57.8 Å². The van der Waals surface area contributed by atoms with Gasteiger partial charge in [0.2, 0.25) is 0 Å². The molecule has 0 spiro atoms. The van der Waals surface area contributed by atoms with Crippen LogP contribution in [0.15, 0.2) is 65.2 Å². The highest BCUT2D eigenvalue weighted by Gasteiger charge is 2.27. The third kappa shape index (κ3) is 5.32. The number of fused-ring (bicyclic) bond motifs is 1. The van der Waals surface area contributed by atoms with Gasteiger partial charge >= 0.3 is 6.03 Å². The topological polar surface area (TPSA) is 87.4 Å². The number of carbonyl (C=O) groups is 1. The molecule has 2 aromatic carbocycles. The highest BCUT2D eigenvalue weighted by atomic mass is 16.5. The molecule has 36 heavy (non-hydrogen) atoms. The molecule has 1 aliphatic heterocycles. The van der Waals surface area contributed by atoms with Crippen molar-refractivity contribution in [1.82, 2.24) is 25.3 Å². The third-order valence-corrected chi connectivity index (χ3v) is 6.18. The fourth-order valence-corrected chi connectivity index (χ4v) is 4.49. The van der Waals surface area contributed by atoms with Crippen molar-refractivity contribution in [1.29, 1.82) is 0 Å². The minimum Gasteiger partial charge on any atom is -0.354 e. The molecule has 0 aliphatic carbocycles. The van der Waals surface area contributed by atoms with Crippen LogP contribution in [0.1, 0.15) is 38.6 Å². The lowest BCUT2D eigenvalue weighted by Crippen LogP contribution is -2.49. The number of rotatable bonds is 4. The first-order valence-electron chi connectivity index (χ1n) is 12.4. The van der Waals surface area contributed by atoms with E-state index in [0.717, 1.165) is 41.0 Å². The van der Waals surface area contributed by atoms with Crippen molar-refractivity contribution in [3.63, 3.8) is 0 Å². The molecule has 1 aliphatic rings. The lowest BCUT2D eigenvalue weighted by Gasteiger charge is -2.28. The first-order chi connectivity index (χ1) is 17.4. The first kappa shape index (κ1) is 23.8. The summed E-state index contributed by atoms with van der Waals surface area (Å²) in [6.07, 6.45) is 1.43. The lowest BCUT2D eigenvalue weighted by molar-refractivity contribution is 0.192. The summed E-state index contributed by atoms with van der Waals surface area (Å²) < 4.78 is 5.76.